The summed E-state index contributed by atoms with van der Waals surface area (Å²) in [4.78, 5) is 0. The standard InChI is InChI=1S/C14H15F2N3/c1-8-3-13(9(2)19-18-8)14(17)6-10-4-11(15)7-12(16)5-10/h3-5,7,14H,6,17H2,1-2H3. The minimum absolute atomic E-state index is 0.348. The molecule has 0 fully saturated rings. The van der Waals surface area contributed by atoms with Crippen LogP contribution in [0, 0.1) is 25.5 Å². The summed E-state index contributed by atoms with van der Waals surface area (Å²) < 4.78 is 26.2. The predicted octanol–water partition coefficient (Wildman–Crippen LogP) is 2.61. The maximum absolute atomic E-state index is 13.1. The van der Waals surface area contributed by atoms with Crippen molar-refractivity contribution in [1.82, 2.24) is 10.2 Å². The molecule has 1 atom stereocenters. The summed E-state index contributed by atoms with van der Waals surface area (Å²) >= 11 is 0. The molecule has 0 spiro atoms. The predicted molar refractivity (Wildman–Crippen MR) is 68.5 cm³/mol. The van der Waals surface area contributed by atoms with E-state index in [4.69, 9.17) is 5.73 Å². The van der Waals surface area contributed by atoms with Gasteiger partial charge in [-0.15, -0.1) is 0 Å². The zero-order valence-corrected chi connectivity index (χ0v) is 10.8. The van der Waals surface area contributed by atoms with Crippen LogP contribution in [0.25, 0.3) is 0 Å². The highest BCUT2D eigenvalue weighted by Gasteiger charge is 2.13. The van der Waals surface area contributed by atoms with Crippen molar-refractivity contribution in [3.63, 3.8) is 0 Å². The lowest BCUT2D eigenvalue weighted by Gasteiger charge is -2.14. The number of nitrogens with zero attached hydrogens (tertiary/aromatic N) is 2. The molecule has 2 N–H and O–H groups in total. The lowest BCUT2D eigenvalue weighted by Crippen LogP contribution is -2.16. The van der Waals surface area contributed by atoms with E-state index in [0.29, 0.717) is 12.0 Å². The summed E-state index contributed by atoms with van der Waals surface area (Å²) in [7, 11) is 0. The fraction of sp³-hybridized carbons (Fsp3) is 0.286. The summed E-state index contributed by atoms with van der Waals surface area (Å²) in [5.74, 6) is -1.19. The molecule has 2 aromatic rings. The normalized spacial score (nSPS) is 12.5. The van der Waals surface area contributed by atoms with E-state index in [1.165, 1.54) is 12.1 Å². The minimum atomic E-state index is -0.594. The SMILES string of the molecule is Cc1cc(C(N)Cc2cc(F)cc(F)c2)c(C)nn1. The molecule has 1 unspecified atom stereocenters. The maximum Gasteiger partial charge on any atom is 0.126 e. The van der Waals surface area contributed by atoms with Crippen molar-refractivity contribution in [3.05, 3.63) is 58.4 Å². The number of aromatic nitrogens is 2. The first kappa shape index (κ1) is 13.5. The molecule has 0 amide bonds. The van der Waals surface area contributed by atoms with E-state index in [9.17, 15) is 8.78 Å². The average Bonchev–Trinajstić information content (AvgIpc) is 2.30. The third-order valence-corrected chi connectivity index (χ3v) is 2.92. The van der Waals surface area contributed by atoms with Crippen LogP contribution < -0.4 is 5.73 Å². The first-order chi connectivity index (χ1) is 8.95. The Balaban J connectivity index is 2.25. The highest BCUT2D eigenvalue weighted by atomic mass is 19.1. The smallest absolute Gasteiger partial charge is 0.126 e. The molecular formula is C14H15F2N3. The Morgan fingerprint density at radius 3 is 2.32 bits per heavy atom. The Hall–Kier alpha value is -1.88. The van der Waals surface area contributed by atoms with Crippen LogP contribution in [-0.4, -0.2) is 10.2 Å². The molecule has 3 nitrogen and oxygen atoms in total. The zero-order valence-electron chi connectivity index (χ0n) is 10.8. The van der Waals surface area contributed by atoms with E-state index < -0.39 is 11.6 Å². The highest BCUT2D eigenvalue weighted by molar-refractivity contribution is 5.27. The van der Waals surface area contributed by atoms with E-state index in [-0.39, 0.29) is 6.04 Å². The number of benzene rings is 1. The van der Waals surface area contributed by atoms with Gasteiger partial charge in [0.2, 0.25) is 0 Å². The first-order valence-electron chi connectivity index (χ1n) is 5.97. The quantitative estimate of drug-likeness (QED) is 0.926. The number of nitrogens with two attached hydrogens (primary N) is 1. The summed E-state index contributed by atoms with van der Waals surface area (Å²) in [6.07, 6.45) is 0.348. The van der Waals surface area contributed by atoms with Crippen molar-refractivity contribution in [1.29, 1.82) is 0 Å². The number of aryl methyl sites for hydroxylation is 2. The van der Waals surface area contributed by atoms with E-state index in [0.717, 1.165) is 23.0 Å². The van der Waals surface area contributed by atoms with Crippen molar-refractivity contribution >= 4 is 0 Å². The number of halogens is 2. The molecule has 2 rings (SSSR count). The fourth-order valence-corrected chi connectivity index (χ4v) is 2.04. The second-order valence-electron chi connectivity index (χ2n) is 4.61. The van der Waals surface area contributed by atoms with Crippen LogP contribution in [0.3, 0.4) is 0 Å². The van der Waals surface area contributed by atoms with Crippen molar-refractivity contribution in [2.24, 2.45) is 5.73 Å². The van der Waals surface area contributed by atoms with Gasteiger partial charge in [0, 0.05) is 12.1 Å². The van der Waals surface area contributed by atoms with Crippen molar-refractivity contribution in [2.45, 2.75) is 26.3 Å². The minimum Gasteiger partial charge on any atom is -0.324 e. The van der Waals surface area contributed by atoms with Crippen molar-refractivity contribution in [3.8, 4) is 0 Å². The topological polar surface area (TPSA) is 51.8 Å². The summed E-state index contributed by atoms with van der Waals surface area (Å²) in [6.45, 7) is 3.64. The van der Waals surface area contributed by atoms with Gasteiger partial charge in [0.15, 0.2) is 0 Å². The monoisotopic (exact) mass is 263 g/mol. The van der Waals surface area contributed by atoms with Crippen LogP contribution in [0.2, 0.25) is 0 Å². The molecule has 0 saturated carbocycles. The fourth-order valence-electron chi connectivity index (χ4n) is 2.04. The third kappa shape index (κ3) is 3.32. The van der Waals surface area contributed by atoms with Gasteiger partial charge in [0.25, 0.3) is 0 Å². The highest BCUT2D eigenvalue weighted by Crippen LogP contribution is 2.20. The Morgan fingerprint density at radius 1 is 1.05 bits per heavy atom. The number of rotatable bonds is 3. The van der Waals surface area contributed by atoms with E-state index in [2.05, 4.69) is 10.2 Å². The Kier molecular flexibility index (Phi) is 3.85. The van der Waals surface area contributed by atoms with E-state index >= 15 is 0 Å². The van der Waals surface area contributed by atoms with Gasteiger partial charge in [-0.25, -0.2) is 8.78 Å². The van der Waals surface area contributed by atoms with Gasteiger partial charge < -0.3 is 5.73 Å². The molecule has 1 aromatic heterocycles. The zero-order chi connectivity index (χ0) is 14.0. The van der Waals surface area contributed by atoms with Crippen molar-refractivity contribution in [2.75, 3.05) is 0 Å². The Bertz CT molecular complexity index is 579. The number of hydrogen-bond acceptors (Lipinski definition) is 3. The lowest BCUT2D eigenvalue weighted by molar-refractivity contribution is 0.576. The van der Waals surface area contributed by atoms with Crippen LogP contribution in [0.5, 0.6) is 0 Å². The molecule has 0 bridgehead atoms. The van der Waals surface area contributed by atoms with E-state index in [1.807, 2.05) is 19.9 Å². The molecule has 19 heavy (non-hydrogen) atoms. The molecule has 1 aromatic carbocycles. The van der Waals surface area contributed by atoms with Gasteiger partial charge in [0.1, 0.15) is 11.6 Å². The molecule has 1 heterocycles. The molecule has 0 aliphatic rings. The van der Waals surface area contributed by atoms with Gasteiger partial charge in [-0.1, -0.05) is 0 Å². The second-order valence-corrected chi connectivity index (χ2v) is 4.61. The van der Waals surface area contributed by atoms with Crippen LogP contribution >= 0.6 is 0 Å². The van der Waals surface area contributed by atoms with Crippen LogP contribution in [0.4, 0.5) is 8.78 Å². The molecule has 0 saturated heterocycles. The Labute approximate surface area is 110 Å². The van der Waals surface area contributed by atoms with Gasteiger partial charge in [-0.2, -0.15) is 10.2 Å². The van der Waals surface area contributed by atoms with E-state index in [1.54, 1.807) is 0 Å². The molecule has 5 heteroatoms. The molecular weight excluding hydrogens is 248 g/mol. The number of hydrogen-bond donors (Lipinski definition) is 1. The largest absolute Gasteiger partial charge is 0.324 e. The van der Waals surface area contributed by atoms with Gasteiger partial charge in [-0.3, -0.25) is 0 Å². The molecule has 100 valence electrons. The summed E-state index contributed by atoms with van der Waals surface area (Å²) in [5.41, 5.74) is 8.95. The Morgan fingerprint density at radius 2 is 1.68 bits per heavy atom. The summed E-state index contributed by atoms with van der Waals surface area (Å²) in [6, 6.07) is 4.91. The second kappa shape index (κ2) is 5.40. The van der Waals surface area contributed by atoms with Crippen LogP contribution in [0.15, 0.2) is 24.3 Å². The lowest BCUT2D eigenvalue weighted by atomic mass is 9.98. The van der Waals surface area contributed by atoms with Gasteiger partial charge in [0.05, 0.1) is 11.4 Å². The van der Waals surface area contributed by atoms with Crippen LogP contribution in [0.1, 0.15) is 28.6 Å². The average molecular weight is 263 g/mol. The molecule has 0 aliphatic heterocycles. The summed E-state index contributed by atoms with van der Waals surface area (Å²) in [5, 5.41) is 7.93. The molecule has 0 aliphatic carbocycles. The van der Waals surface area contributed by atoms with Gasteiger partial charge >= 0.3 is 0 Å². The third-order valence-electron chi connectivity index (χ3n) is 2.92. The van der Waals surface area contributed by atoms with Crippen LogP contribution in [-0.2, 0) is 6.42 Å². The van der Waals surface area contributed by atoms with Gasteiger partial charge in [-0.05, 0) is 49.6 Å². The van der Waals surface area contributed by atoms with Crippen molar-refractivity contribution < 1.29 is 8.78 Å². The maximum atomic E-state index is 13.1. The molecule has 0 radical (unpaired) electrons. The first-order valence-corrected chi connectivity index (χ1v) is 5.97.